The summed E-state index contributed by atoms with van der Waals surface area (Å²) in [5.41, 5.74) is 0.785. The molecular weight excluding hydrogens is 168 g/mol. The highest BCUT2D eigenvalue weighted by Crippen LogP contribution is 2.46. The minimum atomic E-state index is 0.785. The van der Waals surface area contributed by atoms with E-state index in [1.165, 1.54) is 44.1 Å². The first-order chi connectivity index (χ1) is 5.88. The van der Waals surface area contributed by atoms with E-state index >= 15 is 0 Å². The standard InChI is InChI=1S/C9H16N2S/c1-2-10-3-8(1)11-4-9(5-11)6-12-7-9/h8,10H,1-7H2/t8-/m1/s1. The van der Waals surface area contributed by atoms with Crippen LogP contribution in [0.15, 0.2) is 0 Å². The summed E-state index contributed by atoms with van der Waals surface area (Å²) in [4.78, 5) is 2.68. The zero-order chi connectivity index (χ0) is 8.02. The van der Waals surface area contributed by atoms with Crippen molar-refractivity contribution in [2.24, 2.45) is 5.41 Å². The second-order valence-electron chi connectivity index (χ2n) is 4.54. The molecule has 3 rings (SSSR count). The third-order valence-electron chi connectivity index (χ3n) is 3.44. The molecule has 3 aliphatic rings. The van der Waals surface area contributed by atoms with Crippen LogP contribution in [-0.2, 0) is 0 Å². The zero-order valence-electron chi connectivity index (χ0n) is 7.38. The van der Waals surface area contributed by atoms with E-state index in [0.717, 1.165) is 11.5 Å². The van der Waals surface area contributed by atoms with Gasteiger partial charge in [0.1, 0.15) is 0 Å². The van der Waals surface area contributed by atoms with Gasteiger partial charge in [-0.3, -0.25) is 4.90 Å². The molecule has 12 heavy (non-hydrogen) atoms. The number of hydrogen-bond donors (Lipinski definition) is 1. The van der Waals surface area contributed by atoms with E-state index in [1.54, 1.807) is 0 Å². The monoisotopic (exact) mass is 184 g/mol. The average molecular weight is 184 g/mol. The summed E-state index contributed by atoms with van der Waals surface area (Å²) in [5.74, 6) is 2.87. The molecule has 0 aromatic carbocycles. The fourth-order valence-corrected chi connectivity index (χ4v) is 3.74. The highest BCUT2D eigenvalue weighted by atomic mass is 32.2. The van der Waals surface area contributed by atoms with Gasteiger partial charge in [-0.25, -0.2) is 0 Å². The third-order valence-corrected chi connectivity index (χ3v) is 5.08. The predicted molar refractivity (Wildman–Crippen MR) is 52.6 cm³/mol. The number of nitrogens with one attached hydrogen (secondary N) is 1. The second kappa shape index (κ2) is 2.63. The predicted octanol–water partition coefficient (Wildman–Crippen LogP) is 0.397. The van der Waals surface area contributed by atoms with Crippen LogP contribution < -0.4 is 5.32 Å². The summed E-state index contributed by atoms with van der Waals surface area (Å²) < 4.78 is 0. The first kappa shape index (κ1) is 7.65. The Morgan fingerprint density at radius 1 is 1.33 bits per heavy atom. The van der Waals surface area contributed by atoms with Gasteiger partial charge in [-0.15, -0.1) is 0 Å². The van der Waals surface area contributed by atoms with Crippen LogP contribution >= 0.6 is 11.8 Å². The van der Waals surface area contributed by atoms with Crippen LogP contribution in [0.25, 0.3) is 0 Å². The van der Waals surface area contributed by atoms with Gasteiger partial charge in [0, 0.05) is 42.6 Å². The van der Waals surface area contributed by atoms with Gasteiger partial charge in [0.15, 0.2) is 0 Å². The summed E-state index contributed by atoms with van der Waals surface area (Å²) in [7, 11) is 0. The van der Waals surface area contributed by atoms with Crippen molar-refractivity contribution in [3.05, 3.63) is 0 Å². The molecule has 3 aliphatic heterocycles. The minimum Gasteiger partial charge on any atom is -0.315 e. The normalized spacial score (nSPS) is 39.5. The lowest BCUT2D eigenvalue weighted by atomic mass is 9.81. The van der Waals surface area contributed by atoms with Crippen molar-refractivity contribution in [1.82, 2.24) is 10.2 Å². The van der Waals surface area contributed by atoms with Gasteiger partial charge in [0.2, 0.25) is 0 Å². The van der Waals surface area contributed by atoms with Crippen LogP contribution in [-0.4, -0.2) is 48.6 Å². The highest BCUT2D eigenvalue weighted by molar-refractivity contribution is 8.00. The molecule has 3 heteroatoms. The molecule has 0 unspecified atom stereocenters. The third kappa shape index (κ3) is 1.03. The number of likely N-dealkylation sites (tertiary alicyclic amines) is 1. The van der Waals surface area contributed by atoms with Crippen molar-refractivity contribution in [1.29, 1.82) is 0 Å². The van der Waals surface area contributed by atoms with Gasteiger partial charge < -0.3 is 5.32 Å². The topological polar surface area (TPSA) is 15.3 Å². The van der Waals surface area contributed by atoms with Crippen molar-refractivity contribution < 1.29 is 0 Å². The van der Waals surface area contributed by atoms with E-state index < -0.39 is 0 Å². The fourth-order valence-electron chi connectivity index (χ4n) is 2.60. The largest absolute Gasteiger partial charge is 0.315 e. The Hall–Kier alpha value is 0.270. The Bertz CT molecular complexity index is 177. The van der Waals surface area contributed by atoms with E-state index in [1.807, 2.05) is 0 Å². The van der Waals surface area contributed by atoms with Crippen LogP contribution in [0.2, 0.25) is 0 Å². The molecule has 2 nitrogen and oxygen atoms in total. The number of hydrogen-bond acceptors (Lipinski definition) is 3. The van der Waals surface area contributed by atoms with E-state index in [-0.39, 0.29) is 0 Å². The lowest BCUT2D eigenvalue weighted by molar-refractivity contribution is -0.000388. The number of rotatable bonds is 1. The molecular formula is C9H16N2S. The fraction of sp³-hybridized carbons (Fsp3) is 1.00. The summed E-state index contributed by atoms with van der Waals surface area (Å²) in [6, 6.07) is 0.876. The SMILES string of the molecule is C1C[C@@H](N2CC3(CSC3)C2)CN1. The van der Waals surface area contributed by atoms with Crippen molar-refractivity contribution in [3.8, 4) is 0 Å². The molecule has 0 radical (unpaired) electrons. The highest BCUT2D eigenvalue weighted by Gasteiger charge is 2.49. The molecule has 3 saturated heterocycles. The smallest absolute Gasteiger partial charge is 0.0233 e. The zero-order valence-corrected chi connectivity index (χ0v) is 8.20. The molecule has 1 spiro atoms. The Kier molecular flexibility index (Phi) is 1.68. The maximum atomic E-state index is 3.44. The van der Waals surface area contributed by atoms with E-state index in [4.69, 9.17) is 0 Å². The molecule has 3 heterocycles. The Morgan fingerprint density at radius 2 is 2.17 bits per heavy atom. The van der Waals surface area contributed by atoms with Crippen molar-refractivity contribution in [2.45, 2.75) is 12.5 Å². The van der Waals surface area contributed by atoms with Gasteiger partial charge in [-0.05, 0) is 13.0 Å². The van der Waals surface area contributed by atoms with Crippen LogP contribution in [0.5, 0.6) is 0 Å². The molecule has 0 aromatic rings. The quantitative estimate of drug-likeness (QED) is 0.635. The van der Waals surface area contributed by atoms with Crippen LogP contribution in [0.4, 0.5) is 0 Å². The van der Waals surface area contributed by atoms with Crippen molar-refractivity contribution in [2.75, 3.05) is 37.7 Å². The molecule has 0 aliphatic carbocycles. The molecule has 0 aromatic heterocycles. The van der Waals surface area contributed by atoms with E-state index in [0.29, 0.717) is 0 Å². The lowest BCUT2D eigenvalue weighted by Gasteiger charge is -2.57. The van der Waals surface area contributed by atoms with Gasteiger partial charge in [0.25, 0.3) is 0 Å². The Morgan fingerprint density at radius 3 is 2.67 bits per heavy atom. The van der Waals surface area contributed by atoms with Crippen molar-refractivity contribution in [3.63, 3.8) is 0 Å². The Labute approximate surface area is 78.1 Å². The molecule has 1 atom stereocenters. The molecule has 0 bridgehead atoms. The number of nitrogens with zero attached hydrogens (tertiary/aromatic N) is 1. The average Bonchev–Trinajstić information content (AvgIpc) is 2.32. The van der Waals surface area contributed by atoms with Crippen molar-refractivity contribution >= 4 is 11.8 Å². The molecule has 68 valence electrons. The first-order valence-electron chi connectivity index (χ1n) is 4.91. The Balaban J connectivity index is 1.54. The van der Waals surface area contributed by atoms with E-state index in [9.17, 15) is 0 Å². The van der Waals surface area contributed by atoms with Gasteiger partial charge in [-0.2, -0.15) is 11.8 Å². The van der Waals surface area contributed by atoms with Crippen LogP contribution in [0, 0.1) is 5.41 Å². The van der Waals surface area contributed by atoms with E-state index in [2.05, 4.69) is 22.0 Å². The first-order valence-corrected chi connectivity index (χ1v) is 6.06. The molecule has 0 saturated carbocycles. The summed E-state index contributed by atoms with van der Waals surface area (Å²) in [6.07, 6.45) is 1.38. The number of thioether (sulfide) groups is 1. The second-order valence-corrected chi connectivity index (χ2v) is 5.53. The maximum Gasteiger partial charge on any atom is 0.0233 e. The molecule has 3 fully saturated rings. The summed E-state index contributed by atoms with van der Waals surface area (Å²) in [5, 5.41) is 3.44. The molecule has 0 amide bonds. The van der Waals surface area contributed by atoms with Gasteiger partial charge in [0.05, 0.1) is 0 Å². The maximum absolute atomic E-state index is 3.44. The summed E-state index contributed by atoms with van der Waals surface area (Å²) in [6.45, 7) is 5.27. The summed E-state index contributed by atoms with van der Waals surface area (Å²) >= 11 is 2.12. The van der Waals surface area contributed by atoms with Gasteiger partial charge >= 0.3 is 0 Å². The van der Waals surface area contributed by atoms with Crippen LogP contribution in [0.3, 0.4) is 0 Å². The minimum absolute atomic E-state index is 0.785. The lowest BCUT2D eigenvalue weighted by Crippen LogP contribution is -2.65. The van der Waals surface area contributed by atoms with Crippen LogP contribution in [0.1, 0.15) is 6.42 Å². The van der Waals surface area contributed by atoms with Gasteiger partial charge in [-0.1, -0.05) is 0 Å². The molecule has 1 N–H and O–H groups in total.